The maximum Gasteiger partial charge on any atom is 0.336 e. The molecule has 0 atom stereocenters. The fraction of sp³-hybridized carbons (Fsp3) is 0.0714. The number of carbonyl (C=O) groups excluding carboxylic acids is 1. The molecule has 0 aromatic heterocycles. The number of carboxylic acids is 2. The van der Waals surface area contributed by atoms with Crippen molar-refractivity contribution in [3.8, 4) is 11.1 Å². The zero-order chi connectivity index (χ0) is 36.6. The van der Waals surface area contributed by atoms with E-state index in [-0.39, 0.29) is 28.3 Å². The summed E-state index contributed by atoms with van der Waals surface area (Å²) in [5, 5.41) is 22.8. The summed E-state index contributed by atoms with van der Waals surface area (Å²) in [6, 6.07) is 39.8. The predicted molar refractivity (Wildman–Crippen MR) is 204 cm³/mol. The van der Waals surface area contributed by atoms with E-state index in [9.17, 15) is 24.6 Å². The van der Waals surface area contributed by atoms with E-state index in [0.29, 0.717) is 34.8 Å². The van der Waals surface area contributed by atoms with Gasteiger partial charge < -0.3 is 15.5 Å². The van der Waals surface area contributed by atoms with Gasteiger partial charge in [0.2, 0.25) is 0 Å². The number of anilines is 2. The zero-order valence-corrected chi connectivity index (χ0v) is 29.1. The molecule has 8 nitrogen and oxygen atoms in total. The Balaban J connectivity index is 1.12. The summed E-state index contributed by atoms with van der Waals surface area (Å²) in [4.78, 5) is 42.9. The van der Waals surface area contributed by atoms with E-state index in [2.05, 4.69) is 10.8 Å². The van der Waals surface area contributed by atoms with Gasteiger partial charge in [-0.15, -0.1) is 0 Å². The van der Waals surface area contributed by atoms with Crippen LogP contribution in [0, 0.1) is 0 Å². The quantitative estimate of drug-likeness (QED) is 0.0872. The third kappa shape index (κ3) is 8.86. The van der Waals surface area contributed by atoms with Crippen molar-refractivity contribution >= 4 is 52.4 Å². The minimum Gasteiger partial charge on any atom is -0.478 e. The average molecular weight is 732 g/mol. The van der Waals surface area contributed by atoms with Gasteiger partial charge in [-0.2, -0.15) is 0 Å². The van der Waals surface area contributed by atoms with Crippen LogP contribution < -0.4 is 10.8 Å². The Kier molecular flexibility index (Phi) is 11.3. The van der Waals surface area contributed by atoms with Gasteiger partial charge in [0.1, 0.15) is 6.61 Å². The molecule has 0 saturated heterocycles. The molecule has 0 bridgehead atoms. The molecule has 0 radical (unpaired) electrons. The first-order valence-corrected chi connectivity index (χ1v) is 17.0. The van der Waals surface area contributed by atoms with Crippen molar-refractivity contribution in [2.75, 3.05) is 10.8 Å². The minimum atomic E-state index is -1.21. The van der Waals surface area contributed by atoms with Gasteiger partial charge in [-0.3, -0.25) is 15.1 Å². The van der Waals surface area contributed by atoms with E-state index >= 15 is 0 Å². The van der Waals surface area contributed by atoms with Gasteiger partial charge in [0.05, 0.1) is 38.1 Å². The lowest BCUT2D eigenvalue weighted by atomic mass is 9.98. The summed E-state index contributed by atoms with van der Waals surface area (Å²) < 4.78 is 0. The van der Waals surface area contributed by atoms with E-state index in [4.69, 9.17) is 28.0 Å². The molecule has 6 aromatic carbocycles. The highest BCUT2D eigenvalue weighted by atomic mass is 35.5. The van der Waals surface area contributed by atoms with Crippen LogP contribution in [0.15, 0.2) is 133 Å². The van der Waals surface area contributed by atoms with E-state index in [0.717, 1.165) is 33.4 Å². The molecule has 1 amide bonds. The lowest BCUT2D eigenvalue weighted by Gasteiger charge is -2.14. The molecule has 10 heteroatoms. The Morgan fingerprint density at radius 2 is 1.06 bits per heavy atom. The molecule has 0 spiro atoms. The van der Waals surface area contributed by atoms with Crippen LogP contribution in [0.4, 0.5) is 11.4 Å². The smallest absolute Gasteiger partial charge is 0.336 e. The molecule has 0 aliphatic rings. The highest BCUT2D eigenvalue weighted by molar-refractivity contribution is 6.34. The SMILES string of the molecule is O=C(O)c1ccc(Cc2ccccc2)cc1CONc1ccc(-c2ccc(NC(=O)c3cc(Cc4ccccc4)ccc3C(=O)O)c(Cl)c2)cc1Cl. The monoisotopic (exact) mass is 730 g/mol. The number of rotatable bonds is 13. The molecule has 0 saturated carbocycles. The van der Waals surface area contributed by atoms with E-state index in [1.165, 1.54) is 6.07 Å². The zero-order valence-electron chi connectivity index (χ0n) is 27.6. The lowest BCUT2D eigenvalue weighted by Crippen LogP contribution is -2.17. The van der Waals surface area contributed by atoms with Gasteiger partial charge in [0.15, 0.2) is 0 Å². The van der Waals surface area contributed by atoms with Crippen LogP contribution in [-0.4, -0.2) is 28.1 Å². The number of amides is 1. The van der Waals surface area contributed by atoms with E-state index < -0.39 is 17.8 Å². The molecule has 0 aliphatic heterocycles. The topological polar surface area (TPSA) is 125 Å². The van der Waals surface area contributed by atoms with Crippen molar-refractivity contribution < 1.29 is 29.4 Å². The first kappa shape index (κ1) is 35.9. The normalized spacial score (nSPS) is 10.8. The lowest BCUT2D eigenvalue weighted by molar-refractivity contribution is 0.0682. The Morgan fingerprint density at radius 1 is 0.538 bits per heavy atom. The van der Waals surface area contributed by atoms with Crippen LogP contribution in [0.3, 0.4) is 0 Å². The van der Waals surface area contributed by atoms with Gasteiger partial charge in [0.25, 0.3) is 5.91 Å². The minimum absolute atomic E-state index is 0.0174. The van der Waals surface area contributed by atoms with Gasteiger partial charge >= 0.3 is 11.9 Å². The molecular weight excluding hydrogens is 699 g/mol. The van der Waals surface area contributed by atoms with Crippen LogP contribution in [0.5, 0.6) is 0 Å². The summed E-state index contributed by atoms with van der Waals surface area (Å²) >= 11 is 13.2. The number of carboxylic acid groups (broad SMARTS) is 2. The van der Waals surface area contributed by atoms with Gasteiger partial charge in [0, 0.05) is 0 Å². The first-order valence-electron chi connectivity index (χ1n) is 16.2. The van der Waals surface area contributed by atoms with Gasteiger partial charge in [-0.1, -0.05) is 114 Å². The second kappa shape index (κ2) is 16.4. The second-order valence-electron chi connectivity index (χ2n) is 12.0. The highest BCUT2D eigenvalue weighted by Gasteiger charge is 2.19. The maximum absolute atomic E-state index is 13.4. The van der Waals surface area contributed by atoms with Crippen molar-refractivity contribution in [1.29, 1.82) is 0 Å². The molecule has 0 fully saturated rings. The van der Waals surface area contributed by atoms with Gasteiger partial charge in [-0.25, -0.2) is 9.59 Å². The maximum atomic E-state index is 13.4. The third-order valence-electron chi connectivity index (χ3n) is 8.39. The standard InChI is InChI=1S/C42H32Cl2N2O6/c43-36-23-30(13-17-38(36)45-40(47)35-22-29(12-16-34(35)42(50)51)20-27-9-5-2-6-10-27)31-14-18-39(37(44)24-31)46-52-25-32-21-28(11-15-33(32)41(48)49)19-26-7-3-1-4-8-26/h1-18,21-24,46H,19-20,25H2,(H,45,47)(H,48,49)(H,50,51). The Labute approximate surface area is 310 Å². The van der Waals surface area contributed by atoms with Crippen LogP contribution in [0.2, 0.25) is 10.0 Å². The van der Waals surface area contributed by atoms with Crippen LogP contribution in [0.25, 0.3) is 11.1 Å². The third-order valence-corrected chi connectivity index (χ3v) is 9.02. The average Bonchev–Trinajstić information content (AvgIpc) is 3.14. The predicted octanol–water partition coefficient (Wildman–Crippen LogP) is 10.0. The van der Waals surface area contributed by atoms with Crippen LogP contribution >= 0.6 is 23.2 Å². The largest absolute Gasteiger partial charge is 0.478 e. The van der Waals surface area contributed by atoms with E-state index in [1.807, 2.05) is 72.8 Å². The first-order chi connectivity index (χ1) is 25.1. The summed E-state index contributed by atoms with van der Waals surface area (Å²) in [6.07, 6.45) is 1.19. The number of aromatic carboxylic acids is 2. The second-order valence-corrected chi connectivity index (χ2v) is 12.9. The molecule has 0 heterocycles. The molecule has 0 unspecified atom stereocenters. The van der Waals surface area contributed by atoms with Crippen LogP contribution in [0.1, 0.15) is 58.9 Å². The molecule has 260 valence electrons. The number of hydrogen-bond acceptors (Lipinski definition) is 5. The molecule has 6 rings (SSSR count). The summed E-state index contributed by atoms with van der Waals surface area (Å²) in [5.41, 5.74) is 9.52. The fourth-order valence-electron chi connectivity index (χ4n) is 5.78. The van der Waals surface area contributed by atoms with Crippen molar-refractivity contribution in [3.63, 3.8) is 0 Å². The molecule has 6 aromatic rings. The van der Waals surface area contributed by atoms with Crippen LogP contribution in [-0.2, 0) is 24.3 Å². The van der Waals surface area contributed by atoms with Gasteiger partial charge in [-0.05, 0) is 94.3 Å². The molecule has 52 heavy (non-hydrogen) atoms. The molecule has 0 aliphatic carbocycles. The Hall–Kier alpha value is -5.93. The fourth-order valence-corrected chi connectivity index (χ4v) is 6.23. The van der Waals surface area contributed by atoms with Crippen molar-refractivity contribution in [2.24, 2.45) is 0 Å². The van der Waals surface area contributed by atoms with Crippen molar-refractivity contribution in [1.82, 2.24) is 0 Å². The summed E-state index contributed by atoms with van der Waals surface area (Å²) in [5.74, 6) is -2.86. The number of halogens is 2. The number of hydrogen-bond donors (Lipinski definition) is 4. The van der Waals surface area contributed by atoms with E-state index in [1.54, 1.807) is 54.6 Å². The molecule has 4 N–H and O–H groups in total. The number of carbonyl (C=O) groups is 3. The highest BCUT2D eigenvalue weighted by Crippen LogP contribution is 2.33. The van der Waals surface area contributed by atoms with Crippen molar-refractivity contribution in [3.05, 3.63) is 188 Å². The van der Waals surface area contributed by atoms with Crippen molar-refractivity contribution in [2.45, 2.75) is 19.4 Å². The number of benzene rings is 6. The number of nitrogens with one attached hydrogen (secondary N) is 2. The summed E-state index contributed by atoms with van der Waals surface area (Å²) in [6.45, 7) is -0.0174. The molecular formula is C42H32Cl2N2O6. The Morgan fingerprint density at radius 3 is 1.60 bits per heavy atom. The Bertz CT molecular complexity index is 2260. The summed E-state index contributed by atoms with van der Waals surface area (Å²) in [7, 11) is 0.